The molecule has 4 amide bonds. The lowest BCUT2D eigenvalue weighted by Crippen LogP contribution is -2.51. The minimum absolute atomic E-state index is 0.00940. The van der Waals surface area contributed by atoms with Crippen LogP contribution in [0.1, 0.15) is 80.1 Å². The maximum absolute atomic E-state index is 14.1. The topological polar surface area (TPSA) is 246 Å². The molecule has 6 aliphatic rings. The number of benzene rings is 4. The number of likely N-dealkylation sites (tertiary alicyclic amines) is 1. The van der Waals surface area contributed by atoms with E-state index in [0.29, 0.717) is 22.7 Å². The van der Waals surface area contributed by atoms with Gasteiger partial charge in [0.15, 0.2) is 9.84 Å². The molecule has 12 rings (SSSR count). The average Bonchev–Trinajstić information content (AvgIpc) is 4.19. The Labute approximate surface area is 430 Å². The number of rotatable bonds is 12. The molecule has 0 radical (unpaired) electrons. The van der Waals surface area contributed by atoms with Crippen molar-refractivity contribution in [2.45, 2.75) is 89.2 Å². The van der Waals surface area contributed by atoms with E-state index in [2.05, 4.69) is 63.1 Å². The van der Waals surface area contributed by atoms with E-state index in [-0.39, 0.29) is 38.0 Å². The van der Waals surface area contributed by atoms with Gasteiger partial charge in [-0.1, -0.05) is 76.2 Å². The summed E-state index contributed by atoms with van der Waals surface area (Å²) < 4.78 is 62.2. The van der Waals surface area contributed by atoms with Crippen molar-refractivity contribution >= 4 is 65.9 Å². The highest BCUT2D eigenvalue weighted by Gasteiger charge is 2.46. The fraction of sp³-hybridized carbons (Fsp3) is 0.434. The number of carbonyl (C=O) groups excluding carboxylic acids is 4. The third-order valence-corrected chi connectivity index (χ3v) is 17.5. The summed E-state index contributed by atoms with van der Waals surface area (Å²) in [6, 6.07) is 22.1. The Hall–Kier alpha value is -6.84. The van der Waals surface area contributed by atoms with Gasteiger partial charge in [-0.15, -0.1) is 0 Å². The standard InChI is InChI=1S/C53H63N9O10S2/c1-29(2)46(58-52(65)71-5)50(63)61-26-37(73(7,67)68)25-44(61)48-54-40-19-17-35(23-42(40)56-48)38-21-31-9-13-33(38)14-10-32-12-16-34(15-11-31)39(22-32)36-18-20-41-43(24-36)57-49(55-41)45-27-60(74(8,69)70)28-62(45)51(64)47(30(3)4)59-53(66)72-6/h9,12-13,16-24,29-30,37,44-47H,10-11,14-15,25-28H2,1-8H3,(H,54,56)(H,55,57)(H,58,65)(H,59,66)/t37?,44-,45-,46-,47-/m0/s1. The Kier molecular flexibility index (Phi) is 14.4. The van der Waals surface area contributed by atoms with Crippen molar-refractivity contribution in [3.63, 3.8) is 0 Å². The molecule has 4 N–H and O–H groups in total. The van der Waals surface area contributed by atoms with Crippen molar-refractivity contribution in [3.8, 4) is 22.3 Å². The summed E-state index contributed by atoms with van der Waals surface area (Å²) in [5.74, 6) is -0.572. The summed E-state index contributed by atoms with van der Waals surface area (Å²) in [5, 5.41) is 4.44. The van der Waals surface area contributed by atoms with Gasteiger partial charge in [-0.05, 0) is 113 Å². The molecule has 2 saturated heterocycles. The Bertz CT molecular complexity index is 3180. The number of hydrogen-bond acceptors (Lipinski definition) is 12. The average molecular weight is 1050 g/mol. The van der Waals surface area contributed by atoms with Gasteiger partial charge in [-0.3, -0.25) is 9.59 Å². The lowest BCUT2D eigenvalue weighted by atomic mass is 9.87. The minimum atomic E-state index is -3.69. The maximum Gasteiger partial charge on any atom is 0.407 e. The van der Waals surface area contributed by atoms with Crippen LogP contribution in [0.2, 0.25) is 0 Å². The number of nitrogens with zero attached hydrogens (tertiary/aromatic N) is 5. The Morgan fingerprint density at radius 2 is 1.09 bits per heavy atom. The van der Waals surface area contributed by atoms with Crippen LogP contribution in [0.25, 0.3) is 44.3 Å². The molecule has 0 saturated carbocycles. The van der Waals surface area contributed by atoms with Crippen LogP contribution in [-0.4, -0.2) is 139 Å². The Morgan fingerprint density at radius 3 is 1.54 bits per heavy atom. The van der Waals surface area contributed by atoms with Gasteiger partial charge in [0, 0.05) is 19.3 Å². The molecule has 4 bridgehead atoms. The molecule has 2 aliphatic heterocycles. The number of aryl methyl sites for hydroxylation is 4. The quantitative estimate of drug-likeness (QED) is 0.107. The van der Waals surface area contributed by atoms with E-state index < -0.39 is 73.3 Å². The molecule has 19 nitrogen and oxygen atoms in total. The molecule has 4 heterocycles. The zero-order valence-corrected chi connectivity index (χ0v) is 44.4. The zero-order chi connectivity index (χ0) is 53.0. The highest BCUT2D eigenvalue weighted by atomic mass is 32.2. The highest BCUT2D eigenvalue weighted by molar-refractivity contribution is 7.91. The minimum Gasteiger partial charge on any atom is -0.453 e. The first-order chi connectivity index (χ1) is 35.1. The number of alkyl carbamates (subject to hydrolysis) is 2. The van der Waals surface area contributed by atoms with Crippen LogP contribution in [0.15, 0.2) is 72.8 Å². The number of amides is 4. The van der Waals surface area contributed by atoms with E-state index in [1.54, 1.807) is 27.7 Å². The fourth-order valence-corrected chi connectivity index (χ4v) is 12.2. The van der Waals surface area contributed by atoms with E-state index in [9.17, 15) is 36.0 Å². The van der Waals surface area contributed by atoms with Gasteiger partial charge in [0.1, 0.15) is 29.8 Å². The number of carbonyl (C=O) groups is 4. The molecule has 392 valence electrons. The Morgan fingerprint density at radius 1 is 0.622 bits per heavy atom. The lowest BCUT2D eigenvalue weighted by molar-refractivity contribution is -0.136. The monoisotopic (exact) mass is 1050 g/mol. The van der Waals surface area contributed by atoms with E-state index in [1.165, 1.54) is 40.1 Å². The summed E-state index contributed by atoms with van der Waals surface area (Å²) >= 11 is 0. The van der Waals surface area contributed by atoms with E-state index in [1.807, 2.05) is 30.3 Å². The molecule has 0 spiro atoms. The van der Waals surface area contributed by atoms with Gasteiger partial charge in [0.05, 0.1) is 60.5 Å². The first kappa shape index (κ1) is 52.0. The van der Waals surface area contributed by atoms with Crippen LogP contribution in [0.4, 0.5) is 9.59 Å². The number of H-pyrrole nitrogens is 2. The molecular formula is C53H63N9O10S2. The lowest BCUT2D eigenvalue weighted by Gasteiger charge is -2.29. The number of aromatic amines is 2. The first-order valence-corrected chi connectivity index (χ1v) is 28.6. The highest BCUT2D eigenvalue weighted by Crippen LogP contribution is 2.38. The number of ether oxygens (including phenoxy) is 2. The van der Waals surface area contributed by atoms with Gasteiger partial charge in [0.2, 0.25) is 21.8 Å². The molecule has 1 unspecified atom stereocenters. The number of nitrogens with one attached hydrogen (secondary N) is 4. The summed E-state index contributed by atoms with van der Waals surface area (Å²) in [4.78, 5) is 72.3. The van der Waals surface area contributed by atoms with Crippen LogP contribution in [0.3, 0.4) is 0 Å². The number of fused-ring (bicyclic) bond motifs is 2. The van der Waals surface area contributed by atoms with E-state index in [0.717, 1.165) is 81.9 Å². The number of hydrogen-bond donors (Lipinski definition) is 4. The van der Waals surface area contributed by atoms with Crippen LogP contribution in [0, 0.1) is 11.8 Å². The van der Waals surface area contributed by atoms with Crippen molar-refractivity contribution < 1.29 is 45.5 Å². The molecule has 21 heteroatoms. The fourth-order valence-electron chi connectivity index (χ4n) is 10.5. The predicted octanol–water partition coefficient (Wildman–Crippen LogP) is 6.21. The van der Waals surface area contributed by atoms with Crippen LogP contribution >= 0.6 is 0 Å². The van der Waals surface area contributed by atoms with Gasteiger partial charge < -0.3 is 39.9 Å². The number of sulfone groups is 1. The first-order valence-electron chi connectivity index (χ1n) is 24.8. The SMILES string of the molecule is COC(=O)N[C@H](C(=O)N1CC(S(C)(=O)=O)C[C@H]1c1nc2ccc(-c3cc4ccc3CCc3ccc(c(-c5ccc6nc([C@@H]7CN(S(C)(=O)=O)CN7C(=O)[C@@H](NC(=O)OC)C(C)C)[nH]c6c5)c3)CC4)cc2[nH]1)C(C)C. The molecule has 2 fully saturated rings. The van der Waals surface area contributed by atoms with Crippen molar-refractivity contribution in [1.82, 2.24) is 44.7 Å². The second kappa shape index (κ2) is 20.5. The molecule has 74 heavy (non-hydrogen) atoms. The van der Waals surface area contributed by atoms with Crippen LogP contribution in [0.5, 0.6) is 0 Å². The smallest absolute Gasteiger partial charge is 0.407 e. The molecule has 6 aromatic rings. The second-order valence-electron chi connectivity index (χ2n) is 20.5. The van der Waals surface area contributed by atoms with Crippen molar-refractivity contribution in [1.29, 1.82) is 0 Å². The molecular weight excluding hydrogens is 987 g/mol. The second-order valence-corrected chi connectivity index (χ2v) is 24.8. The van der Waals surface area contributed by atoms with Gasteiger partial charge in [0.25, 0.3) is 0 Å². The summed E-state index contributed by atoms with van der Waals surface area (Å²) in [5.41, 5.74) is 11.6. The summed E-state index contributed by atoms with van der Waals surface area (Å²) in [6.45, 7) is 6.96. The normalized spacial score (nSPS) is 19.2. The molecule has 5 atom stereocenters. The van der Waals surface area contributed by atoms with Crippen molar-refractivity contribution in [2.24, 2.45) is 11.8 Å². The van der Waals surface area contributed by atoms with Crippen LogP contribution in [-0.2, 0) is 64.6 Å². The van der Waals surface area contributed by atoms with E-state index in [4.69, 9.17) is 19.4 Å². The maximum atomic E-state index is 14.1. The number of sulfonamides is 1. The number of aromatic nitrogens is 4. The van der Waals surface area contributed by atoms with Crippen LogP contribution < -0.4 is 10.6 Å². The third-order valence-electron chi connectivity index (χ3n) is 14.7. The van der Waals surface area contributed by atoms with Crippen molar-refractivity contribution in [2.75, 3.05) is 46.5 Å². The largest absolute Gasteiger partial charge is 0.453 e. The third kappa shape index (κ3) is 10.6. The van der Waals surface area contributed by atoms with E-state index >= 15 is 0 Å². The molecule has 2 aromatic heterocycles. The predicted molar refractivity (Wildman–Crippen MR) is 280 cm³/mol. The summed E-state index contributed by atoms with van der Waals surface area (Å²) in [6.07, 6.45) is 3.93. The van der Waals surface area contributed by atoms with Gasteiger partial charge in [-0.2, -0.15) is 4.31 Å². The van der Waals surface area contributed by atoms with Gasteiger partial charge in [-0.25, -0.2) is 36.4 Å². The zero-order valence-electron chi connectivity index (χ0n) is 42.8. The molecule has 4 aromatic carbocycles. The van der Waals surface area contributed by atoms with Crippen molar-refractivity contribution in [3.05, 3.63) is 107 Å². The number of methoxy groups -OCH3 is 2. The number of imidazole rings is 2. The summed E-state index contributed by atoms with van der Waals surface area (Å²) in [7, 11) is -4.77. The van der Waals surface area contributed by atoms with Gasteiger partial charge >= 0.3 is 12.2 Å². The Balaban J connectivity index is 0.975. The molecule has 4 aliphatic carbocycles.